The fraction of sp³-hybridized carbons (Fsp3) is 0.714. The van der Waals surface area contributed by atoms with Crippen LogP contribution >= 0.6 is 0 Å². The Bertz CT molecular complexity index is 105. The normalized spacial score (nSPS) is 12.4. The highest BCUT2D eigenvalue weighted by Crippen LogP contribution is 2.11. The quantitative estimate of drug-likeness (QED) is 0.444. The Kier molecular flexibility index (Phi) is 4.07. The summed E-state index contributed by atoms with van der Waals surface area (Å²) in [5.74, 6) is -0.952. The summed E-state index contributed by atoms with van der Waals surface area (Å²) in [6, 6.07) is 0. The lowest BCUT2D eigenvalue weighted by molar-refractivity contribution is -0.328. The smallest absolute Gasteiger partial charge is 0.322 e. The van der Waals surface area contributed by atoms with E-state index in [-0.39, 0.29) is 0 Å². The summed E-state index contributed by atoms with van der Waals surface area (Å²) in [6.45, 7) is 3.54. The Morgan fingerprint density at radius 3 is 2.00 bits per heavy atom. The molecule has 0 saturated carbocycles. The van der Waals surface area contributed by atoms with Crippen molar-refractivity contribution in [1.29, 1.82) is 0 Å². The minimum atomic E-state index is -0.952. The minimum absolute atomic E-state index is 0.952. The zero-order chi connectivity index (χ0) is 8.04. The SMILES string of the molecule is C/C=C/OC(C)(OC)OC. The van der Waals surface area contributed by atoms with Gasteiger partial charge >= 0.3 is 5.97 Å². The Balaban J connectivity index is 3.80. The number of allylic oxidation sites excluding steroid dienone is 1. The second-order valence-electron chi connectivity index (χ2n) is 1.86. The molecule has 3 heteroatoms. The van der Waals surface area contributed by atoms with Gasteiger partial charge in [0.1, 0.15) is 0 Å². The van der Waals surface area contributed by atoms with Crippen LogP contribution in [0, 0.1) is 0 Å². The highest BCUT2D eigenvalue weighted by atomic mass is 16.9. The van der Waals surface area contributed by atoms with E-state index in [1.165, 1.54) is 20.5 Å². The minimum Gasteiger partial charge on any atom is -0.448 e. The first kappa shape index (κ1) is 9.46. The molecule has 0 bridgehead atoms. The second kappa shape index (κ2) is 4.30. The first-order valence-corrected chi connectivity index (χ1v) is 3.08. The van der Waals surface area contributed by atoms with Gasteiger partial charge in [-0.05, 0) is 6.92 Å². The average Bonchev–Trinajstić information content (AvgIpc) is 2.00. The van der Waals surface area contributed by atoms with Gasteiger partial charge in [-0.2, -0.15) is 0 Å². The molecule has 0 atom stereocenters. The van der Waals surface area contributed by atoms with Gasteiger partial charge in [0, 0.05) is 21.1 Å². The van der Waals surface area contributed by atoms with Gasteiger partial charge in [-0.3, -0.25) is 0 Å². The average molecular weight is 146 g/mol. The van der Waals surface area contributed by atoms with E-state index < -0.39 is 5.97 Å². The Hall–Kier alpha value is -0.540. The lowest BCUT2D eigenvalue weighted by Crippen LogP contribution is -2.31. The van der Waals surface area contributed by atoms with Crippen molar-refractivity contribution in [3.63, 3.8) is 0 Å². The number of rotatable bonds is 4. The summed E-state index contributed by atoms with van der Waals surface area (Å²) in [4.78, 5) is 0. The van der Waals surface area contributed by atoms with E-state index in [0.29, 0.717) is 0 Å². The maximum Gasteiger partial charge on any atom is 0.322 e. The molecule has 10 heavy (non-hydrogen) atoms. The molecule has 0 aromatic carbocycles. The zero-order valence-electron chi connectivity index (χ0n) is 6.88. The Morgan fingerprint density at radius 1 is 1.20 bits per heavy atom. The third-order valence-corrected chi connectivity index (χ3v) is 1.16. The number of methoxy groups -OCH3 is 2. The van der Waals surface area contributed by atoms with Crippen molar-refractivity contribution < 1.29 is 14.2 Å². The van der Waals surface area contributed by atoms with Crippen molar-refractivity contribution in [1.82, 2.24) is 0 Å². The van der Waals surface area contributed by atoms with Crippen LogP contribution in [-0.4, -0.2) is 20.2 Å². The molecule has 0 rings (SSSR count). The van der Waals surface area contributed by atoms with Crippen LogP contribution in [0.4, 0.5) is 0 Å². The Morgan fingerprint density at radius 2 is 1.70 bits per heavy atom. The molecule has 0 unspecified atom stereocenters. The molecule has 0 saturated heterocycles. The van der Waals surface area contributed by atoms with E-state index in [0.717, 1.165) is 0 Å². The van der Waals surface area contributed by atoms with Crippen molar-refractivity contribution in [2.24, 2.45) is 0 Å². The first-order valence-electron chi connectivity index (χ1n) is 3.08. The predicted octanol–water partition coefficient (Wildman–Crippen LogP) is 1.50. The third kappa shape index (κ3) is 2.85. The van der Waals surface area contributed by atoms with Gasteiger partial charge in [-0.1, -0.05) is 6.08 Å². The fourth-order valence-corrected chi connectivity index (χ4v) is 0.371. The molecule has 0 amide bonds. The van der Waals surface area contributed by atoms with Crippen molar-refractivity contribution in [2.75, 3.05) is 14.2 Å². The van der Waals surface area contributed by atoms with Gasteiger partial charge < -0.3 is 14.2 Å². The molecule has 3 nitrogen and oxygen atoms in total. The summed E-state index contributed by atoms with van der Waals surface area (Å²) >= 11 is 0. The first-order chi connectivity index (χ1) is 4.68. The number of hydrogen-bond donors (Lipinski definition) is 0. The molecule has 0 aliphatic heterocycles. The summed E-state index contributed by atoms with van der Waals surface area (Å²) in [6.07, 6.45) is 3.28. The molecule has 0 radical (unpaired) electrons. The number of hydrogen-bond acceptors (Lipinski definition) is 3. The van der Waals surface area contributed by atoms with Crippen LogP contribution in [0.3, 0.4) is 0 Å². The van der Waals surface area contributed by atoms with Crippen LogP contribution < -0.4 is 0 Å². The second-order valence-corrected chi connectivity index (χ2v) is 1.86. The van der Waals surface area contributed by atoms with Crippen LogP contribution in [-0.2, 0) is 14.2 Å². The summed E-state index contributed by atoms with van der Waals surface area (Å²) in [5.41, 5.74) is 0. The van der Waals surface area contributed by atoms with Gasteiger partial charge in [-0.25, -0.2) is 0 Å². The monoisotopic (exact) mass is 146 g/mol. The molecule has 0 fully saturated rings. The lowest BCUT2D eigenvalue weighted by Gasteiger charge is -2.24. The van der Waals surface area contributed by atoms with E-state index in [4.69, 9.17) is 14.2 Å². The largest absolute Gasteiger partial charge is 0.448 e. The van der Waals surface area contributed by atoms with E-state index in [1.54, 1.807) is 13.0 Å². The van der Waals surface area contributed by atoms with Crippen LogP contribution in [0.2, 0.25) is 0 Å². The number of ether oxygens (including phenoxy) is 3. The molecule has 0 spiro atoms. The van der Waals surface area contributed by atoms with Crippen LogP contribution in [0.5, 0.6) is 0 Å². The van der Waals surface area contributed by atoms with E-state index in [1.807, 2.05) is 6.92 Å². The molecule has 60 valence electrons. The van der Waals surface area contributed by atoms with E-state index in [9.17, 15) is 0 Å². The summed E-state index contributed by atoms with van der Waals surface area (Å²) in [7, 11) is 3.04. The molecule has 0 aliphatic rings. The van der Waals surface area contributed by atoms with Gasteiger partial charge in [0.2, 0.25) is 0 Å². The van der Waals surface area contributed by atoms with E-state index in [2.05, 4.69) is 0 Å². The topological polar surface area (TPSA) is 27.7 Å². The highest BCUT2D eigenvalue weighted by molar-refractivity contribution is 4.67. The molecule has 0 aromatic rings. The lowest BCUT2D eigenvalue weighted by atomic mass is 10.6. The van der Waals surface area contributed by atoms with Crippen LogP contribution in [0.15, 0.2) is 12.3 Å². The molecule has 0 N–H and O–H groups in total. The van der Waals surface area contributed by atoms with Crippen molar-refractivity contribution in [3.05, 3.63) is 12.3 Å². The van der Waals surface area contributed by atoms with Crippen molar-refractivity contribution in [3.8, 4) is 0 Å². The third-order valence-electron chi connectivity index (χ3n) is 1.16. The maximum atomic E-state index is 5.05. The highest BCUT2D eigenvalue weighted by Gasteiger charge is 2.22. The van der Waals surface area contributed by atoms with Crippen LogP contribution in [0.1, 0.15) is 13.8 Å². The summed E-state index contributed by atoms with van der Waals surface area (Å²) < 4.78 is 14.8. The van der Waals surface area contributed by atoms with Crippen molar-refractivity contribution >= 4 is 0 Å². The van der Waals surface area contributed by atoms with E-state index >= 15 is 0 Å². The predicted molar refractivity (Wildman–Crippen MR) is 38.3 cm³/mol. The molecule has 0 heterocycles. The summed E-state index contributed by atoms with van der Waals surface area (Å²) in [5, 5.41) is 0. The fourth-order valence-electron chi connectivity index (χ4n) is 0.371. The van der Waals surface area contributed by atoms with Gasteiger partial charge in [-0.15, -0.1) is 0 Å². The van der Waals surface area contributed by atoms with Crippen molar-refractivity contribution in [2.45, 2.75) is 19.8 Å². The van der Waals surface area contributed by atoms with Gasteiger partial charge in [0.05, 0.1) is 6.26 Å². The molecular formula is C7H14O3. The maximum absolute atomic E-state index is 5.05. The molecule has 0 aliphatic carbocycles. The Labute approximate surface area is 61.6 Å². The molecular weight excluding hydrogens is 132 g/mol. The molecule has 0 aromatic heterocycles. The van der Waals surface area contributed by atoms with Gasteiger partial charge in [0.15, 0.2) is 0 Å². The van der Waals surface area contributed by atoms with Gasteiger partial charge in [0.25, 0.3) is 0 Å². The zero-order valence-corrected chi connectivity index (χ0v) is 6.88. The standard InChI is InChI=1S/C7H14O3/c1-5-6-10-7(2,8-3)9-4/h5-6H,1-4H3/b6-5+. The van der Waals surface area contributed by atoms with Crippen LogP contribution in [0.25, 0.3) is 0 Å².